The molecular weight excluding hydrogens is 190 g/mol. The van der Waals surface area contributed by atoms with E-state index in [1.54, 1.807) is 6.08 Å². The molecule has 1 N–H and O–H groups in total. The minimum absolute atomic E-state index is 0.0215. The minimum Gasteiger partial charge on any atom is -0.329 e. The van der Waals surface area contributed by atoms with Crippen LogP contribution in [0.5, 0.6) is 0 Å². The summed E-state index contributed by atoms with van der Waals surface area (Å²) in [5.41, 5.74) is 0.723. The summed E-state index contributed by atoms with van der Waals surface area (Å²) in [6.07, 6.45) is 2.89. The van der Waals surface area contributed by atoms with Crippen molar-refractivity contribution in [3.05, 3.63) is 11.8 Å². The third-order valence-corrected chi connectivity index (χ3v) is 2.47. The second-order valence-corrected chi connectivity index (χ2v) is 5.30. The Morgan fingerprint density at radius 1 is 1.40 bits per heavy atom. The van der Waals surface area contributed by atoms with Gasteiger partial charge in [-0.3, -0.25) is 9.59 Å². The van der Waals surface area contributed by atoms with Crippen LogP contribution in [0.2, 0.25) is 0 Å². The molecule has 1 amide bonds. The first-order chi connectivity index (χ1) is 6.80. The average Bonchev–Trinajstić information content (AvgIpc) is 1.99. The smallest absolute Gasteiger partial charge is 0.226 e. The Bertz CT molecular complexity index is 314. The Hall–Kier alpha value is -1.12. The number of carbonyl (C=O) groups excluding carboxylic acids is 2. The largest absolute Gasteiger partial charge is 0.329 e. The van der Waals surface area contributed by atoms with E-state index < -0.39 is 0 Å². The van der Waals surface area contributed by atoms with Crippen LogP contribution in [0.25, 0.3) is 0 Å². The molecule has 1 aliphatic rings. The van der Waals surface area contributed by atoms with E-state index in [1.165, 1.54) is 0 Å². The van der Waals surface area contributed by atoms with Gasteiger partial charge in [-0.05, 0) is 11.8 Å². The zero-order valence-corrected chi connectivity index (χ0v) is 9.89. The van der Waals surface area contributed by atoms with Crippen LogP contribution in [0, 0.1) is 11.3 Å². The van der Waals surface area contributed by atoms with Crippen molar-refractivity contribution in [2.24, 2.45) is 11.3 Å². The van der Waals surface area contributed by atoms with E-state index in [1.807, 2.05) is 27.7 Å². The lowest BCUT2D eigenvalue weighted by atomic mass is 9.79. The van der Waals surface area contributed by atoms with Gasteiger partial charge in [0.2, 0.25) is 5.91 Å². The molecule has 0 saturated carbocycles. The lowest BCUT2D eigenvalue weighted by molar-refractivity contribution is -0.123. The van der Waals surface area contributed by atoms with Gasteiger partial charge in [0.05, 0.1) is 0 Å². The van der Waals surface area contributed by atoms with Crippen molar-refractivity contribution < 1.29 is 9.59 Å². The molecule has 0 aromatic rings. The van der Waals surface area contributed by atoms with Crippen molar-refractivity contribution in [2.75, 3.05) is 0 Å². The summed E-state index contributed by atoms with van der Waals surface area (Å²) in [4.78, 5) is 22.9. The molecule has 0 heterocycles. The third kappa shape index (κ3) is 3.50. The van der Waals surface area contributed by atoms with Gasteiger partial charge in [-0.2, -0.15) is 0 Å². The second-order valence-electron chi connectivity index (χ2n) is 5.30. The molecule has 0 bridgehead atoms. The standard InChI is InChI=1S/C12H19NO2/c1-8(2)11(15)13-9-5-10(14)7-12(3,4)6-9/h5,8H,6-7H2,1-4H3,(H,13,15). The molecule has 1 aliphatic carbocycles. The van der Waals surface area contributed by atoms with Gasteiger partial charge in [0.15, 0.2) is 5.78 Å². The highest BCUT2D eigenvalue weighted by atomic mass is 16.2. The van der Waals surface area contributed by atoms with Gasteiger partial charge < -0.3 is 5.32 Å². The number of hydrogen-bond donors (Lipinski definition) is 1. The van der Waals surface area contributed by atoms with Crippen LogP contribution in [0.1, 0.15) is 40.5 Å². The van der Waals surface area contributed by atoms with E-state index in [0.29, 0.717) is 6.42 Å². The average molecular weight is 209 g/mol. The Balaban J connectivity index is 2.71. The van der Waals surface area contributed by atoms with Gasteiger partial charge in [-0.1, -0.05) is 27.7 Å². The zero-order valence-electron chi connectivity index (χ0n) is 9.89. The van der Waals surface area contributed by atoms with E-state index in [9.17, 15) is 9.59 Å². The first kappa shape index (κ1) is 12.0. The van der Waals surface area contributed by atoms with Crippen molar-refractivity contribution >= 4 is 11.7 Å². The topological polar surface area (TPSA) is 46.2 Å². The first-order valence-corrected chi connectivity index (χ1v) is 5.34. The summed E-state index contributed by atoms with van der Waals surface area (Å²) in [5, 5.41) is 2.81. The molecule has 0 unspecified atom stereocenters. The Labute approximate surface area is 90.9 Å². The second kappa shape index (κ2) is 4.17. The van der Waals surface area contributed by atoms with Crippen LogP contribution in [0.4, 0.5) is 0 Å². The molecule has 3 nitrogen and oxygen atoms in total. The third-order valence-electron chi connectivity index (χ3n) is 2.47. The minimum atomic E-state index is -0.0500. The van der Waals surface area contributed by atoms with Crippen molar-refractivity contribution in [3.63, 3.8) is 0 Å². The van der Waals surface area contributed by atoms with Crippen molar-refractivity contribution in [2.45, 2.75) is 40.5 Å². The van der Waals surface area contributed by atoms with Gasteiger partial charge in [0.1, 0.15) is 0 Å². The molecule has 0 aromatic heterocycles. The molecule has 0 aliphatic heterocycles. The van der Waals surface area contributed by atoms with Crippen molar-refractivity contribution in [3.8, 4) is 0 Å². The maximum Gasteiger partial charge on any atom is 0.226 e. The lowest BCUT2D eigenvalue weighted by Crippen LogP contribution is -2.33. The molecule has 0 aromatic carbocycles. The van der Waals surface area contributed by atoms with E-state index in [2.05, 4.69) is 5.32 Å². The Morgan fingerprint density at radius 3 is 2.47 bits per heavy atom. The number of ketones is 1. The van der Waals surface area contributed by atoms with Crippen LogP contribution in [-0.4, -0.2) is 11.7 Å². The maximum atomic E-state index is 11.5. The van der Waals surface area contributed by atoms with Crippen molar-refractivity contribution in [1.82, 2.24) is 5.32 Å². The summed E-state index contributed by atoms with van der Waals surface area (Å²) in [6.45, 7) is 7.76. The summed E-state index contributed by atoms with van der Waals surface area (Å²) in [6, 6.07) is 0. The van der Waals surface area contributed by atoms with Gasteiger partial charge in [-0.25, -0.2) is 0 Å². The molecular formula is C12H19NO2. The van der Waals surface area contributed by atoms with Crippen LogP contribution in [0.3, 0.4) is 0 Å². The van der Waals surface area contributed by atoms with Crippen LogP contribution < -0.4 is 5.32 Å². The monoisotopic (exact) mass is 209 g/mol. The van der Waals surface area contributed by atoms with E-state index >= 15 is 0 Å². The molecule has 0 radical (unpaired) electrons. The number of amides is 1. The number of carbonyl (C=O) groups is 2. The molecule has 0 fully saturated rings. The number of nitrogens with one attached hydrogen (secondary N) is 1. The van der Waals surface area contributed by atoms with Gasteiger partial charge in [0, 0.05) is 24.1 Å². The fraction of sp³-hybridized carbons (Fsp3) is 0.667. The SMILES string of the molecule is CC(C)C(=O)NC1=CC(=O)CC(C)(C)C1. The van der Waals surface area contributed by atoms with E-state index in [4.69, 9.17) is 0 Å². The fourth-order valence-corrected chi connectivity index (χ4v) is 1.73. The van der Waals surface area contributed by atoms with E-state index in [0.717, 1.165) is 12.1 Å². The number of allylic oxidation sites excluding steroid dienone is 2. The molecule has 84 valence electrons. The van der Waals surface area contributed by atoms with Crippen LogP contribution in [0.15, 0.2) is 11.8 Å². The molecule has 0 spiro atoms. The fourth-order valence-electron chi connectivity index (χ4n) is 1.73. The van der Waals surface area contributed by atoms with Crippen LogP contribution >= 0.6 is 0 Å². The molecule has 0 atom stereocenters. The van der Waals surface area contributed by atoms with Crippen LogP contribution in [-0.2, 0) is 9.59 Å². The maximum absolute atomic E-state index is 11.5. The predicted octanol–water partition coefficient (Wildman–Crippen LogP) is 2.03. The number of hydrogen-bond acceptors (Lipinski definition) is 2. The summed E-state index contributed by atoms with van der Waals surface area (Å²) in [5.74, 6) is 0.0306. The molecule has 15 heavy (non-hydrogen) atoms. The quantitative estimate of drug-likeness (QED) is 0.756. The highest BCUT2D eigenvalue weighted by Crippen LogP contribution is 2.32. The Morgan fingerprint density at radius 2 is 2.00 bits per heavy atom. The highest BCUT2D eigenvalue weighted by Gasteiger charge is 2.28. The van der Waals surface area contributed by atoms with Gasteiger partial charge in [-0.15, -0.1) is 0 Å². The summed E-state index contributed by atoms with van der Waals surface area (Å²) < 4.78 is 0. The summed E-state index contributed by atoms with van der Waals surface area (Å²) >= 11 is 0. The van der Waals surface area contributed by atoms with Crippen molar-refractivity contribution in [1.29, 1.82) is 0 Å². The normalized spacial score (nSPS) is 20.1. The lowest BCUT2D eigenvalue weighted by Gasteiger charge is -2.29. The molecule has 1 rings (SSSR count). The van der Waals surface area contributed by atoms with Gasteiger partial charge in [0.25, 0.3) is 0 Å². The number of rotatable bonds is 2. The first-order valence-electron chi connectivity index (χ1n) is 5.34. The Kier molecular flexibility index (Phi) is 3.32. The van der Waals surface area contributed by atoms with E-state index in [-0.39, 0.29) is 23.0 Å². The highest BCUT2D eigenvalue weighted by molar-refractivity contribution is 5.93. The summed E-state index contributed by atoms with van der Waals surface area (Å²) in [7, 11) is 0. The zero-order chi connectivity index (χ0) is 11.6. The molecule has 3 heteroatoms. The predicted molar refractivity (Wildman–Crippen MR) is 59.1 cm³/mol. The molecule has 0 saturated heterocycles. The van der Waals surface area contributed by atoms with Gasteiger partial charge >= 0.3 is 0 Å².